The van der Waals surface area contributed by atoms with E-state index in [2.05, 4.69) is 9.97 Å². The van der Waals surface area contributed by atoms with Gasteiger partial charge in [-0.1, -0.05) is 11.6 Å². The number of rotatable bonds is 2. The minimum atomic E-state index is -0.230. The Morgan fingerprint density at radius 2 is 2.00 bits per heavy atom. The van der Waals surface area contributed by atoms with Crippen LogP contribution in [0.5, 0.6) is 0 Å². The van der Waals surface area contributed by atoms with Gasteiger partial charge < -0.3 is 4.57 Å². The molecule has 4 nitrogen and oxygen atoms in total. The fourth-order valence-electron chi connectivity index (χ4n) is 1.20. The second-order valence-electron chi connectivity index (χ2n) is 2.95. The zero-order valence-electron chi connectivity index (χ0n) is 7.80. The molecule has 0 radical (unpaired) electrons. The molecule has 0 aromatic carbocycles. The lowest BCUT2D eigenvalue weighted by atomic mass is 10.4. The molecule has 0 atom stereocenters. The average Bonchev–Trinajstić information content (AvgIpc) is 2.26. The van der Waals surface area contributed by atoms with E-state index in [0.717, 1.165) is 0 Å². The van der Waals surface area contributed by atoms with Crippen molar-refractivity contribution in [2.45, 2.75) is 6.54 Å². The lowest BCUT2D eigenvalue weighted by Gasteiger charge is -2.03. The summed E-state index contributed by atoms with van der Waals surface area (Å²) in [4.78, 5) is 19.6. The van der Waals surface area contributed by atoms with E-state index in [1.165, 1.54) is 4.57 Å². The Bertz CT molecular complexity index is 510. The molecule has 0 amide bonds. The minimum absolute atomic E-state index is 0.202. The van der Waals surface area contributed by atoms with Gasteiger partial charge in [-0.2, -0.15) is 0 Å². The quantitative estimate of drug-likeness (QED) is 0.769. The number of hydrogen-bond acceptors (Lipinski definition) is 3. The molecule has 0 fully saturated rings. The molecular weight excluding hydrogens is 214 g/mol. The molecule has 0 aliphatic heterocycles. The van der Waals surface area contributed by atoms with Crippen molar-refractivity contribution in [3.8, 4) is 0 Å². The summed E-state index contributed by atoms with van der Waals surface area (Å²) in [6.45, 7) is 0.334. The van der Waals surface area contributed by atoms with E-state index in [4.69, 9.17) is 11.6 Å². The molecule has 0 aliphatic rings. The summed E-state index contributed by atoms with van der Waals surface area (Å²) in [5, 5.41) is 0.202. The van der Waals surface area contributed by atoms with Crippen molar-refractivity contribution in [1.82, 2.24) is 14.5 Å². The van der Waals surface area contributed by atoms with Crippen LogP contribution in [0.2, 0.25) is 5.02 Å². The highest BCUT2D eigenvalue weighted by molar-refractivity contribution is 6.30. The van der Waals surface area contributed by atoms with E-state index >= 15 is 0 Å². The van der Waals surface area contributed by atoms with Crippen molar-refractivity contribution in [3.05, 3.63) is 58.0 Å². The first-order valence-corrected chi connectivity index (χ1v) is 4.76. The first kappa shape index (κ1) is 9.86. The third kappa shape index (κ3) is 2.22. The molecule has 5 heteroatoms. The van der Waals surface area contributed by atoms with Gasteiger partial charge in [-0.25, -0.2) is 9.97 Å². The van der Waals surface area contributed by atoms with Crippen LogP contribution < -0.4 is 5.56 Å². The predicted molar refractivity (Wildman–Crippen MR) is 56.8 cm³/mol. The Balaban J connectivity index is 2.33. The first-order valence-electron chi connectivity index (χ1n) is 4.38. The lowest BCUT2D eigenvalue weighted by Crippen LogP contribution is -2.20. The van der Waals surface area contributed by atoms with Crippen LogP contribution >= 0.6 is 11.6 Å². The van der Waals surface area contributed by atoms with Crippen molar-refractivity contribution in [2.24, 2.45) is 0 Å². The molecule has 2 heterocycles. The first-order chi connectivity index (χ1) is 7.27. The lowest BCUT2D eigenvalue weighted by molar-refractivity contribution is 0.714. The van der Waals surface area contributed by atoms with Crippen LogP contribution in [0.3, 0.4) is 0 Å². The van der Waals surface area contributed by atoms with Gasteiger partial charge in [0.05, 0.1) is 6.54 Å². The van der Waals surface area contributed by atoms with Crippen LogP contribution in [0.1, 0.15) is 5.82 Å². The Morgan fingerprint density at radius 1 is 1.27 bits per heavy atom. The van der Waals surface area contributed by atoms with Crippen molar-refractivity contribution >= 4 is 11.6 Å². The van der Waals surface area contributed by atoms with Gasteiger partial charge in [0.1, 0.15) is 10.8 Å². The Labute approximate surface area is 91.2 Å². The highest BCUT2D eigenvalue weighted by atomic mass is 35.5. The zero-order valence-corrected chi connectivity index (χ0v) is 8.55. The van der Waals surface area contributed by atoms with Crippen LogP contribution in [0, 0.1) is 0 Å². The van der Waals surface area contributed by atoms with Gasteiger partial charge in [0, 0.05) is 18.6 Å². The molecule has 0 unspecified atom stereocenters. The molecule has 15 heavy (non-hydrogen) atoms. The number of nitrogens with zero attached hydrogens (tertiary/aromatic N) is 3. The third-order valence-corrected chi connectivity index (χ3v) is 2.19. The maximum atomic E-state index is 11.5. The van der Waals surface area contributed by atoms with E-state index in [9.17, 15) is 4.79 Å². The number of hydrogen-bond donors (Lipinski definition) is 0. The predicted octanol–water partition coefficient (Wildman–Crippen LogP) is 1.34. The van der Waals surface area contributed by atoms with E-state index in [1.807, 2.05) is 0 Å². The van der Waals surface area contributed by atoms with Crippen molar-refractivity contribution in [1.29, 1.82) is 0 Å². The Kier molecular flexibility index (Phi) is 2.78. The third-order valence-electron chi connectivity index (χ3n) is 1.90. The molecule has 0 spiro atoms. The molecule has 0 N–H and O–H groups in total. The minimum Gasteiger partial charge on any atom is -0.307 e. The number of aromatic nitrogens is 3. The summed E-state index contributed by atoms with van der Waals surface area (Å²) >= 11 is 5.71. The monoisotopic (exact) mass is 221 g/mol. The molecule has 2 rings (SSSR count). The van der Waals surface area contributed by atoms with Gasteiger partial charge >= 0.3 is 0 Å². The van der Waals surface area contributed by atoms with Crippen molar-refractivity contribution in [2.75, 3.05) is 0 Å². The van der Waals surface area contributed by atoms with Crippen LogP contribution in [-0.2, 0) is 6.54 Å². The molecule has 2 aromatic rings. The summed E-state index contributed by atoms with van der Waals surface area (Å²) in [6, 6.07) is 5.00. The molecule has 0 saturated heterocycles. The van der Waals surface area contributed by atoms with Gasteiger partial charge in [0.2, 0.25) is 0 Å². The van der Waals surface area contributed by atoms with E-state index in [1.54, 1.807) is 36.8 Å². The van der Waals surface area contributed by atoms with Gasteiger partial charge in [-0.3, -0.25) is 4.79 Å². The van der Waals surface area contributed by atoms with E-state index in [-0.39, 0.29) is 10.6 Å². The average molecular weight is 222 g/mol. The normalized spacial score (nSPS) is 10.2. The van der Waals surface area contributed by atoms with Crippen molar-refractivity contribution in [3.63, 3.8) is 0 Å². The summed E-state index contributed by atoms with van der Waals surface area (Å²) in [7, 11) is 0. The molecule has 0 saturated carbocycles. The Hall–Kier alpha value is -1.68. The molecule has 76 valence electrons. The fraction of sp³-hybridized carbons (Fsp3) is 0.100. The van der Waals surface area contributed by atoms with Gasteiger partial charge in [0.25, 0.3) is 5.56 Å². The van der Waals surface area contributed by atoms with Gasteiger partial charge in [-0.05, 0) is 18.2 Å². The largest absolute Gasteiger partial charge is 0.307 e. The van der Waals surface area contributed by atoms with Crippen LogP contribution in [0.15, 0.2) is 41.6 Å². The maximum absolute atomic E-state index is 11.5. The van der Waals surface area contributed by atoms with E-state index in [0.29, 0.717) is 12.4 Å². The van der Waals surface area contributed by atoms with Crippen molar-refractivity contribution < 1.29 is 0 Å². The molecule has 0 bridgehead atoms. The van der Waals surface area contributed by atoms with E-state index < -0.39 is 0 Å². The summed E-state index contributed by atoms with van der Waals surface area (Å²) in [5.74, 6) is 0.585. The highest BCUT2D eigenvalue weighted by Gasteiger charge is 2.01. The number of halogens is 1. The number of pyridine rings is 1. The van der Waals surface area contributed by atoms with Crippen LogP contribution in [-0.4, -0.2) is 14.5 Å². The van der Waals surface area contributed by atoms with Gasteiger partial charge in [-0.15, -0.1) is 0 Å². The maximum Gasteiger partial charge on any atom is 0.269 e. The smallest absolute Gasteiger partial charge is 0.269 e. The fourth-order valence-corrected chi connectivity index (χ4v) is 1.38. The summed E-state index contributed by atoms with van der Waals surface area (Å²) in [6.07, 6.45) is 4.93. The highest BCUT2D eigenvalue weighted by Crippen LogP contribution is 2.00. The summed E-state index contributed by atoms with van der Waals surface area (Å²) in [5.41, 5.74) is -0.230. The second-order valence-corrected chi connectivity index (χ2v) is 3.36. The van der Waals surface area contributed by atoms with Crippen LogP contribution in [0.25, 0.3) is 0 Å². The topological polar surface area (TPSA) is 47.8 Å². The molecular formula is C10H8ClN3O. The zero-order chi connectivity index (χ0) is 10.7. The van der Waals surface area contributed by atoms with Gasteiger partial charge in [0.15, 0.2) is 0 Å². The Morgan fingerprint density at radius 3 is 2.73 bits per heavy atom. The second kappa shape index (κ2) is 4.23. The molecule has 0 aliphatic carbocycles. The standard InChI is InChI=1S/C10H8ClN3O/c11-8-3-1-6-14(10(8)15)7-9-12-4-2-5-13-9/h1-6H,7H2. The molecule has 2 aromatic heterocycles. The summed E-state index contributed by atoms with van der Waals surface area (Å²) < 4.78 is 1.47. The SMILES string of the molecule is O=c1c(Cl)cccn1Cc1ncccn1. The van der Waals surface area contributed by atoms with Crippen LogP contribution in [0.4, 0.5) is 0 Å².